The maximum atomic E-state index is 13.2. The second-order valence-corrected chi connectivity index (χ2v) is 8.57. The minimum absolute atomic E-state index is 0.0351. The first kappa shape index (κ1) is 18.1. The van der Waals surface area contributed by atoms with Gasteiger partial charge in [-0.15, -0.1) is 0 Å². The molecule has 4 nitrogen and oxygen atoms in total. The molecule has 142 valence electrons. The summed E-state index contributed by atoms with van der Waals surface area (Å²) in [4.78, 5) is 25.0. The maximum Gasteiger partial charge on any atom is 0.242 e. The van der Waals surface area contributed by atoms with E-state index in [9.17, 15) is 4.79 Å². The van der Waals surface area contributed by atoms with E-state index in [0.29, 0.717) is 5.75 Å². The molecule has 0 saturated heterocycles. The second-order valence-electron chi connectivity index (χ2n) is 6.52. The van der Waals surface area contributed by atoms with Crippen LogP contribution in [0.1, 0.15) is 0 Å². The summed E-state index contributed by atoms with van der Waals surface area (Å²) in [5.74, 6) is 0.336. The number of H-pyrrole nitrogens is 1. The Morgan fingerprint density at radius 1 is 0.897 bits per heavy atom. The molecular weight excluding hydrogens is 398 g/mol. The summed E-state index contributed by atoms with van der Waals surface area (Å²) in [6.07, 6.45) is 1.81. The molecule has 2 heterocycles. The molecule has 1 aliphatic rings. The number of imidazole rings is 1. The minimum Gasteiger partial charge on any atom is -0.333 e. The van der Waals surface area contributed by atoms with Gasteiger partial charge in [-0.05, 0) is 29.8 Å². The summed E-state index contributed by atoms with van der Waals surface area (Å²) < 4.78 is 0. The molecule has 5 rings (SSSR count). The van der Waals surface area contributed by atoms with Crippen LogP contribution < -0.4 is 4.90 Å². The molecule has 0 fully saturated rings. The Morgan fingerprint density at radius 3 is 2.21 bits per heavy atom. The Balaban J connectivity index is 1.37. The van der Waals surface area contributed by atoms with Crippen LogP contribution in [-0.4, -0.2) is 21.6 Å². The van der Waals surface area contributed by atoms with E-state index < -0.39 is 0 Å². The third-order valence-corrected chi connectivity index (χ3v) is 6.65. The molecule has 1 aromatic heterocycles. The Bertz CT molecular complexity index is 1130. The van der Waals surface area contributed by atoms with Crippen molar-refractivity contribution in [1.29, 1.82) is 0 Å². The van der Waals surface area contributed by atoms with Gasteiger partial charge in [-0.3, -0.25) is 9.69 Å². The lowest BCUT2D eigenvalue weighted by molar-refractivity contribution is -0.115. The molecular formula is C23H17N3OS2. The predicted octanol–water partition coefficient (Wildman–Crippen LogP) is 6.00. The van der Waals surface area contributed by atoms with E-state index in [1.54, 1.807) is 11.8 Å². The monoisotopic (exact) mass is 415 g/mol. The van der Waals surface area contributed by atoms with Gasteiger partial charge in [0, 0.05) is 9.79 Å². The minimum atomic E-state index is 0.0351. The number of thioether (sulfide) groups is 1. The van der Waals surface area contributed by atoms with E-state index in [4.69, 9.17) is 0 Å². The fourth-order valence-corrected chi connectivity index (χ4v) is 5.07. The Hall–Kier alpha value is -2.96. The zero-order chi connectivity index (χ0) is 19.6. The summed E-state index contributed by atoms with van der Waals surface area (Å²) in [5, 5.41) is 0.741. The number of carbonyl (C=O) groups is 1. The van der Waals surface area contributed by atoms with E-state index in [1.165, 1.54) is 11.8 Å². The van der Waals surface area contributed by atoms with Crippen molar-refractivity contribution in [2.75, 3.05) is 10.7 Å². The lowest BCUT2D eigenvalue weighted by Crippen LogP contribution is -2.30. The SMILES string of the molecule is O=C(CSc1ncc(-c2ccccc2)[nH]1)N1c2ccccc2Sc2ccccc21. The van der Waals surface area contributed by atoms with Gasteiger partial charge in [-0.1, -0.05) is 78.1 Å². The highest BCUT2D eigenvalue weighted by Crippen LogP contribution is 2.48. The van der Waals surface area contributed by atoms with Crippen LogP contribution in [0.4, 0.5) is 11.4 Å². The summed E-state index contributed by atoms with van der Waals surface area (Å²) in [5.41, 5.74) is 3.90. The maximum absolute atomic E-state index is 13.2. The van der Waals surface area contributed by atoms with Gasteiger partial charge in [0.15, 0.2) is 5.16 Å². The topological polar surface area (TPSA) is 49.0 Å². The number of anilines is 2. The highest BCUT2D eigenvalue weighted by Gasteiger charge is 2.27. The van der Waals surface area contributed by atoms with Crippen LogP contribution in [0, 0.1) is 0 Å². The third kappa shape index (κ3) is 3.57. The van der Waals surface area contributed by atoms with Gasteiger partial charge in [-0.2, -0.15) is 0 Å². The molecule has 0 aliphatic carbocycles. The molecule has 4 aromatic rings. The quantitative estimate of drug-likeness (QED) is 0.415. The van der Waals surface area contributed by atoms with Crippen molar-refractivity contribution in [2.24, 2.45) is 0 Å². The summed E-state index contributed by atoms with van der Waals surface area (Å²) in [7, 11) is 0. The molecule has 1 aliphatic heterocycles. The van der Waals surface area contributed by atoms with E-state index in [-0.39, 0.29) is 5.91 Å². The Labute approximate surface area is 177 Å². The van der Waals surface area contributed by atoms with E-state index in [1.807, 2.05) is 77.8 Å². The number of benzene rings is 3. The molecule has 0 saturated carbocycles. The number of amides is 1. The molecule has 6 heteroatoms. The number of aromatic nitrogens is 2. The Kier molecular flexibility index (Phi) is 4.87. The molecule has 1 N–H and O–H groups in total. The average Bonchev–Trinajstić information content (AvgIpc) is 3.25. The highest BCUT2D eigenvalue weighted by atomic mass is 32.2. The molecule has 3 aromatic carbocycles. The molecule has 1 amide bonds. The van der Waals surface area contributed by atoms with Crippen LogP contribution in [0.25, 0.3) is 11.3 Å². The molecule has 0 unspecified atom stereocenters. The zero-order valence-electron chi connectivity index (χ0n) is 15.4. The average molecular weight is 416 g/mol. The van der Waals surface area contributed by atoms with E-state index >= 15 is 0 Å². The first-order chi connectivity index (χ1) is 14.3. The van der Waals surface area contributed by atoms with Crippen LogP contribution in [0.5, 0.6) is 0 Å². The van der Waals surface area contributed by atoms with Crippen molar-refractivity contribution in [2.45, 2.75) is 14.9 Å². The number of rotatable bonds is 4. The molecule has 0 bridgehead atoms. The number of hydrogen-bond donors (Lipinski definition) is 1. The lowest BCUT2D eigenvalue weighted by atomic mass is 10.2. The number of hydrogen-bond acceptors (Lipinski definition) is 4. The summed E-state index contributed by atoms with van der Waals surface area (Å²) in [6, 6.07) is 26.1. The highest BCUT2D eigenvalue weighted by molar-refractivity contribution is 8.00. The van der Waals surface area contributed by atoms with Crippen LogP contribution in [0.15, 0.2) is 100 Å². The van der Waals surface area contributed by atoms with Crippen molar-refractivity contribution in [3.8, 4) is 11.3 Å². The van der Waals surface area contributed by atoms with Gasteiger partial charge in [0.25, 0.3) is 0 Å². The van der Waals surface area contributed by atoms with Gasteiger partial charge in [0.1, 0.15) is 0 Å². The second kappa shape index (κ2) is 7.81. The van der Waals surface area contributed by atoms with Gasteiger partial charge in [-0.25, -0.2) is 4.98 Å². The normalized spacial score (nSPS) is 12.3. The first-order valence-corrected chi connectivity index (χ1v) is 11.0. The van der Waals surface area contributed by atoms with Gasteiger partial charge in [0.2, 0.25) is 5.91 Å². The van der Waals surface area contributed by atoms with Crippen molar-refractivity contribution in [3.05, 3.63) is 85.1 Å². The predicted molar refractivity (Wildman–Crippen MR) is 119 cm³/mol. The molecule has 0 spiro atoms. The van der Waals surface area contributed by atoms with Gasteiger partial charge < -0.3 is 4.98 Å². The van der Waals surface area contributed by atoms with Crippen molar-refractivity contribution < 1.29 is 4.79 Å². The summed E-state index contributed by atoms with van der Waals surface area (Å²) in [6.45, 7) is 0. The van der Waals surface area contributed by atoms with Crippen LogP contribution in [0.3, 0.4) is 0 Å². The van der Waals surface area contributed by atoms with Crippen molar-refractivity contribution in [1.82, 2.24) is 9.97 Å². The number of fused-ring (bicyclic) bond motifs is 2. The smallest absolute Gasteiger partial charge is 0.242 e. The van der Waals surface area contributed by atoms with Crippen LogP contribution in [-0.2, 0) is 4.79 Å². The largest absolute Gasteiger partial charge is 0.333 e. The zero-order valence-corrected chi connectivity index (χ0v) is 17.0. The fourth-order valence-electron chi connectivity index (χ4n) is 3.31. The van der Waals surface area contributed by atoms with Crippen LogP contribution >= 0.6 is 23.5 Å². The van der Waals surface area contributed by atoms with Crippen molar-refractivity contribution in [3.63, 3.8) is 0 Å². The lowest BCUT2D eigenvalue weighted by Gasteiger charge is -2.30. The summed E-state index contributed by atoms with van der Waals surface area (Å²) >= 11 is 3.12. The molecule has 0 atom stereocenters. The first-order valence-electron chi connectivity index (χ1n) is 9.22. The van der Waals surface area contributed by atoms with E-state index in [0.717, 1.165) is 37.6 Å². The molecule has 0 radical (unpaired) electrons. The van der Waals surface area contributed by atoms with Gasteiger partial charge in [0.05, 0.1) is 29.0 Å². The van der Waals surface area contributed by atoms with Crippen molar-refractivity contribution >= 4 is 40.8 Å². The standard InChI is InChI=1S/C23H17N3OS2/c27-22(15-28-23-24-14-17(25-23)16-8-2-1-3-9-16)26-18-10-4-6-12-20(18)29-21-13-7-5-11-19(21)26/h1-14H,15H2,(H,24,25). The van der Waals surface area contributed by atoms with E-state index in [2.05, 4.69) is 22.1 Å². The van der Waals surface area contributed by atoms with Crippen LogP contribution in [0.2, 0.25) is 0 Å². The number of carbonyl (C=O) groups excluding carboxylic acids is 1. The number of para-hydroxylation sites is 2. The molecule has 29 heavy (non-hydrogen) atoms. The number of aromatic amines is 1. The Morgan fingerprint density at radius 2 is 1.52 bits per heavy atom. The number of nitrogens with zero attached hydrogens (tertiary/aromatic N) is 2. The van der Waals surface area contributed by atoms with Gasteiger partial charge >= 0.3 is 0 Å². The fraction of sp³-hybridized carbons (Fsp3) is 0.0435. The third-order valence-electron chi connectivity index (χ3n) is 4.65. The number of nitrogens with one attached hydrogen (secondary N) is 1.